The minimum Gasteiger partial charge on any atom is -0.307 e. The molecule has 0 aliphatic heterocycles. The van der Waals surface area contributed by atoms with Gasteiger partial charge in [-0.15, -0.1) is 0 Å². The highest BCUT2D eigenvalue weighted by molar-refractivity contribution is 5.09. The molecule has 70 valence electrons. The molecule has 1 aromatic rings. The molecular formula is C10H15N3. The van der Waals surface area contributed by atoms with Crippen LogP contribution in [0.15, 0.2) is 18.7 Å². The Morgan fingerprint density at radius 1 is 1.46 bits per heavy atom. The van der Waals surface area contributed by atoms with Gasteiger partial charge in [-0.25, -0.2) is 9.97 Å². The molecule has 0 spiro atoms. The van der Waals surface area contributed by atoms with E-state index in [4.69, 9.17) is 0 Å². The third-order valence-electron chi connectivity index (χ3n) is 2.65. The Morgan fingerprint density at radius 3 is 2.62 bits per heavy atom. The molecule has 0 radical (unpaired) electrons. The minimum atomic E-state index is 0.371. The summed E-state index contributed by atoms with van der Waals surface area (Å²) in [6.45, 7) is 4.43. The van der Waals surface area contributed by atoms with Crippen molar-refractivity contribution in [2.75, 3.05) is 0 Å². The van der Waals surface area contributed by atoms with Crippen LogP contribution < -0.4 is 5.32 Å². The largest absolute Gasteiger partial charge is 0.307 e. The summed E-state index contributed by atoms with van der Waals surface area (Å²) in [4.78, 5) is 8.00. The third kappa shape index (κ3) is 2.04. The van der Waals surface area contributed by atoms with E-state index in [9.17, 15) is 0 Å². The molecule has 1 fully saturated rings. The molecule has 1 unspecified atom stereocenters. The fourth-order valence-electron chi connectivity index (χ4n) is 1.51. The standard InChI is InChI=1S/C10H15N3/c1-7-3-10(7)13-8(2)9-4-11-6-12-5-9/h4-8,10,13H,3H2,1-2H3/t7-,8?,10-/m1/s1. The van der Waals surface area contributed by atoms with Gasteiger partial charge in [0.1, 0.15) is 6.33 Å². The molecule has 3 atom stereocenters. The van der Waals surface area contributed by atoms with Crippen LogP contribution in [0.1, 0.15) is 31.9 Å². The molecule has 2 rings (SSSR count). The van der Waals surface area contributed by atoms with Crippen LogP contribution in [-0.2, 0) is 0 Å². The molecule has 1 aromatic heterocycles. The predicted octanol–water partition coefficient (Wildman–Crippen LogP) is 1.54. The first-order valence-corrected chi connectivity index (χ1v) is 4.78. The first kappa shape index (κ1) is 8.63. The quantitative estimate of drug-likeness (QED) is 0.761. The molecule has 3 nitrogen and oxygen atoms in total. The second-order valence-corrected chi connectivity index (χ2v) is 3.88. The van der Waals surface area contributed by atoms with Gasteiger partial charge in [-0.1, -0.05) is 6.92 Å². The van der Waals surface area contributed by atoms with E-state index >= 15 is 0 Å². The molecule has 1 heterocycles. The van der Waals surface area contributed by atoms with Gasteiger partial charge in [0.05, 0.1) is 0 Å². The van der Waals surface area contributed by atoms with Crippen LogP contribution >= 0.6 is 0 Å². The second-order valence-electron chi connectivity index (χ2n) is 3.88. The Hall–Kier alpha value is -0.960. The van der Waals surface area contributed by atoms with Gasteiger partial charge in [-0.3, -0.25) is 0 Å². The Bertz CT molecular complexity index is 273. The Balaban J connectivity index is 1.94. The Kier molecular flexibility index (Phi) is 2.27. The predicted molar refractivity (Wildman–Crippen MR) is 51.2 cm³/mol. The van der Waals surface area contributed by atoms with Crippen LogP contribution in [-0.4, -0.2) is 16.0 Å². The average molecular weight is 177 g/mol. The van der Waals surface area contributed by atoms with Gasteiger partial charge >= 0.3 is 0 Å². The van der Waals surface area contributed by atoms with Gasteiger partial charge in [-0.05, 0) is 19.3 Å². The van der Waals surface area contributed by atoms with Crippen molar-refractivity contribution < 1.29 is 0 Å². The number of aromatic nitrogens is 2. The van der Waals surface area contributed by atoms with Crippen molar-refractivity contribution in [3.05, 3.63) is 24.3 Å². The first-order valence-electron chi connectivity index (χ1n) is 4.78. The Labute approximate surface area is 78.6 Å². The SMILES string of the molecule is CC(N[C@@H]1C[C@H]1C)c1cncnc1. The summed E-state index contributed by atoms with van der Waals surface area (Å²) in [5.41, 5.74) is 1.17. The second kappa shape index (κ2) is 3.42. The van der Waals surface area contributed by atoms with E-state index in [1.54, 1.807) is 6.33 Å². The topological polar surface area (TPSA) is 37.8 Å². The molecule has 0 amide bonds. The van der Waals surface area contributed by atoms with Crippen LogP contribution in [0.4, 0.5) is 0 Å². The van der Waals surface area contributed by atoms with Gasteiger partial charge in [0.2, 0.25) is 0 Å². The summed E-state index contributed by atoms with van der Waals surface area (Å²) < 4.78 is 0. The summed E-state index contributed by atoms with van der Waals surface area (Å²) in [6, 6.07) is 1.08. The van der Waals surface area contributed by atoms with Gasteiger partial charge < -0.3 is 5.32 Å². The zero-order chi connectivity index (χ0) is 9.26. The lowest BCUT2D eigenvalue weighted by Gasteiger charge is -2.12. The number of rotatable bonds is 3. The van der Waals surface area contributed by atoms with E-state index in [1.165, 1.54) is 12.0 Å². The number of hydrogen-bond acceptors (Lipinski definition) is 3. The molecule has 1 saturated carbocycles. The first-order chi connectivity index (χ1) is 6.27. The summed E-state index contributed by atoms with van der Waals surface area (Å²) in [6.07, 6.45) is 6.61. The Morgan fingerprint density at radius 2 is 2.08 bits per heavy atom. The highest BCUT2D eigenvalue weighted by Crippen LogP contribution is 2.31. The van der Waals surface area contributed by atoms with Crippen LogP contribution in [0.25, 0.3) is 0 Å². The molecule has 1 N–H and O–H groups in total. The average Bonchev–Trinajstić information content (AvgIpc) is 2.83. The highest BCUT2D eigenvalue weighted by atomic mass is 15.0. The maximum absolute atomic E-state index is 4.00. The zero-order valence-electron chi connectivity index (χ0n) is 8.07. The van der Waals surface area contributed by atoms with Crippen LogP contribution in [0, 0.1) is 5.92 Å². The van der Waals surface area contributed by atoms with Gasteiger partial charge in [0, 0.05) is 30.0 Å². The van der Waals surface area contributed by atoms with Crippen molar-refractivity contribution in [3.63, 3.8) is 0 Å². The summed E-state index contributed by atoms with van der Waals surface area (Å²) in [7, 11) is 0. The molecule has 0 bridgehead atoms. The lowest BCUT2D eigenvalue weighted by atomic mass is 10.2. The smallest absolute Gasteiger partial charge is 0.115 e. The lowest BCUT2D eigenvalue weighted by molar-refractivity contribution is 0.549. The molecule has 3 heteroatoms. The number of nitrogens with zero attached hydrogens (tertiary/aromatic N) is 2. The van der Waals surface area contributed by atoms with Crippen LogP contribution in [0.3, 0.4) is 0 Å². The zero-order valence-corrected chi connectivity index (χ0v) is 8.07. The van der Waals surface area contributed by atoms with Gasteiger partial charge in [0.15, 0.2) is 0 Å². The highest BCUT2D eigenvalue weighted by Gasteiger charge is 2.33. The molecular weight excluding hydrogens is 162 g/mol. The molecule has 13 heavy (non-hydrogen) atoms. The normalized spacial score (nSPS) is 28.5. The fraction of sp³-hybridized carbons (Fsp3) is 0.600. The van der Waals surface area contributed by atoms with Crippen molar-refractivity contribution in [1.29, 1.82) is 0 Å². The monoisotopic (exact) mass is 177 g/mol. The third-order valence-corrected chi connectivity index (χ3v) is 2.65. The van der Waals surface area contributed by atoms with E-state index in [-0.39, 0.29) is 0 Å². The van der Waals surface area contributed by atoms with Gasteiger partial charge in [0.25, 0.3) is 0 Å². The van der Waals surface area contributed by atoms with Crippen LogP contribution in [0.2, 0.25) is 0 Å². The van der Waals surface area contributed by atoms with E-state index in [0.29, 0.717) is 12.1 Å². The molecule has 1 aliphatic rings. The summed E-state index contributed by atoms with van der Waals surface area (Å²) in [5.74, 6) is 0.840. The maximum atomic E-state index is 4.00. The molecule has 1 aliphatic carbocycles. The van der Waals surface area contributed by atoms with E-state index < -0.39 is 0 Å². The maximum Gasteiger partial charge on any atom is 0.115 e. The van der Waals surface area contributed by atoms with Crippen molar-refractivity contribution in [2.45, 2.75) is 32.4 Å². The van der Waals surface area contributed by atoms with E-state index in [2.05, 4.69) is 29.1 Å². The van der Waals surface area contributed by atoms with Crippen molar-refractivity contribution in [1.82, 2.24) is 15.3 Å². The number of hydrogen-bond donors (Lipinski definition) is 1. The minimum absolute atomic E-state index is 0.371. The number of nitrogens with one attached hydrogen (secondary N) is 1. The van der Waals surface area contributed by atoms with Crippen molar-refractivity contribution in [2.24, 2.45) is 5.92 Å². The molecule has 0 saturated heterocycles. The van der Waals surface area contributed by atoms with Gasteiger partial charge in [-0.2, -0.15) is 0 Å². The summed E-state index contributed by atoms with van der Waals surface area (Å²) in [5, 5.41) is 3.54. The lowest BCUT2D eigenvalue weighted by Crippen LogP contribution is -2.22. The summed E-state index contributed by atoms with van der Waals surface area (Å²) >= 11 is 0. The van der Waals surface area contributed by atoms with Crippen LogP contribution in [0.5, 0.6) is 0 Å². The van der Waals surface area contributed by atoms with Crippen molar-refractivity contribution in [3.8, 4) is 0 Å². The van der Waals surface area contributed by atoms with E-state index in [1.807, 2.05) is 12.4 Å². The van der Waals surface area contributed by atoms with E-state index in [0.717, 1.165) is 5.92 Å². The van der Waals surface area contributed by atoms with Crippen molar-refractivity contribution >= 4 is 0 Å². The fourth-order valence-corrected chi connectivity index (χ4v) is 1.51. The molecule has 0 aromatic carbocycles.